The van der Waals surface area contributed by atoms with Crippen LogP contribution < -0.4 is 10.6 Å². The van der Waals surface area contributed by atoms with Crippen LogP contribution in [0.3, 0.4) is 0 Å². The molecule has 0 radical (unpaired) electrons. The summed E-state index contributed by atoms with van der Waals surface area (Å²) >= 11 is 3.31. The summed E-state index contributed by atoms with van der Waals surface area (Å²) < 4.78 is 2.38. The summed E-state index contributed by atoms with van der Waals surface area (Å²) in [6, 6.07) is 14.5. The molecule has 0 aliphatic carbocycles. The molecule has 0 aliphatic rings. The summed E-state index contributed by atoms with van der Waals surface area (Å²) in [5.74, 6) is 1.01. The van der Waals surface area contributed by atoms with Gasteiger partial charge in [-0.15, -0.1) is 10.2 Å². The van der Waals surface area contributed by atoms with Crippen molar-refractivity contribution in [2.45, 2.75) is 0 Å². The number of pyridine rings is 1. The number of carbonyl (C=O) groups excluding carboxylic acids is 1. The zero-order valence-corrected chi connectivity index (χ0v) is 16.0. The molecule has 0 saturated heterocycles. The van der Waals surface area contributed by atoms with E-state index in [1.165, 1.54) is 6.20 Å². The average Bonchev–Trinajstić information content (AvgIpc) is 3.25. The van der Waals surface area contributed by atoms with E-state index in [0.717, 1.165) is 10.2 Å². The third-order valence-electron chi connectivity index (χ3n) is 3.77. The van der Waals surface area contributed by atoms with Crippen molar-refractivity contribution >= 4 is 39.0 Å². The summed E-state index contributed by atoms with van der Waals surface area (Å²) in [4.78, 5) is 16.3. The van der Waals surface area contributed by atoms with E-state index in [2.05, 4.69) is 46.8 Å². The molecular weight excluding hydrogens is 422 g/mol. The predicted octanol–water partition coefficient (Wildman–Crippen LogP) is 3.82. The maximum absolute atomic E-state index is 12.3. The lowest BCUT2D eigenvalue weighted by atomic mass is 10.2. The summed E-state index contributed by atoms with van der Waals surface area (Å²) in [6.07, 6.45) is 6.62. The zero-order valence-electron chi connectivity index (χ0n) is 14.5. The van der Waals surface area contributed by atoms with Gasteiger partial charge in [-0.05, 0) is 64.5 Å². The highest BCUT2D eigenvalue weighted by Crippen LogP contribution is 2.19. The number of anilines is 3. The van der Waals surface area contributed by atoms with Crippen LogP contribution in [0.5, 0.6) is 0 Å². The number of hydrogen-bond donors (Lipinski definition) is 2. The molecule has 0 bridgehead atoms. The molecule has 1 amide bonds. The smallest absolute Gasteiger partial charge is 0.257 e. The van der Waals surface area contributed by atoms with Gasteiger partial charge >= 0.3 is 0 Å². The van der Waals surface area contributed by atoms with Gasteiger partial charge in [-0.2, -0.15) is 5.10 Å². The molecule has 9 heteroatoms. The molecule has 8 nitrogen and oxygen atoms in total. The Hall–Kier alpha value is -3.59. The van der Waals surface area contributed by atoms with Gasteiger partial charge in [-0.3, -0.25) is 9.78 Å². The molecule has 0 aliphatic heterocycles. The van der Waals surface area contributed by atoms with Crippen molar-refractivity contribution in [3.8, 4) is 5.82 Å². The van der Waals surface area contributed by atoms with E-state index in [1.807, 2.05) is 30.3 Å². The van der Waals surface area contributed by atoms with Crippen molar-refractivity contribution in [1.29, 1.82) is 0 Å². The van der Waals surface area contributed by atoms with Crippen LogP contribution in [-0.4, -0.2) is 30.9 Å². The lowest BCUT2D eigenvalue weighted by molar-refractivity contribution is 0.102. The van der Waals surface area contributed by atoms with Crippen LogP contribution >= 0.6 is 15.9 Å². The van der Waals surface area contributed by atoms with Gasteiger partial charge in [0.1, 0.15) is 0 Å². The number of carbonyl (C=O) groups is 1. The van der Waals surface area contributed by atoms with Gasteiger partial charge in [0, 0.05) is 40.6 Å². The normalized spacial score (nSPS) is 10.5. The number of hydrogen-bond acceptors (Lipinski definition) is 6. The van der Waals surface area contributed by atoms with Gasteiger partial charge in [0.25, 0.3) is 5.91 Å². The molecule has 138 valence electrons. The Morgan fingerprint density at radius 1 is 1.00 bits per heavy atom. The molecule has 4 rings (SSSR count). The second-order valence-corrected chi connectivity index (χ2v) is 6.69. The minimum Gasteiger partial charge on any atom is -0.339 e. The predicted molar refractivity (Wildman–Crippen MR) is 109 cm³/mol. The van der Waals surface area contributed by atoms with Gasteiger partial charge < -0.3 is 10.6 Å². The van der Waals surface area contributed by atoms with Gasteiger partial charge in [-0.25, -0.2) is 4.68 Å². The minimum absolute atomic E-state index is 0.227. The molecule has 2 N–H and O–H groups in total. The summed E-state index contributed by atoms with van der Waals surface area (Å²) in [6.45, 7) is 0. The van der Waals surface area contributed by atoms with E-state index < -0.39 is 0 Å². The van der Waals surface area contributed by atoms with Crippen LogP contribution in [0.1, 0.15) is 10.4 Å². The second-order valence-electron chi connectivity index (χ2n) is 5.78. The quantitative estimate of drug-likeness (QED) is 0.494. The molecule has 0 fully saturated rings. The minimum atomic E-state index is -0.227. The fourth-order valence-corrected chi connectivity index (χ4v) is 2.81. The third kappa shape index (κ3) is 4.21. The Balaban J connectivity index is 1.40. The number of nitrogens with one attached hydrogen (secondary N) is 2. The molecule has 4 aromatic rings. The van der Waals surface area contributed by atoms with Crippen LogP contribution in [-0.2, 0) is 0 Å². The van der Waals surface area contributed by atoms with Crippen molar-refractivity contribution in [2.24, 2.45) is 0 Å². The first-order valence-electron chi connectivity index (χ1n) is 8.30. The Labute approximate surface area is 168 Å². The molecule has 28 heavy (non-hydrogen) atoms. The SMILES string of the molecule is O=C(Nc1ccc(Nc2ccc(-n3cccn3)nn2)cc1)c1cncc(Br)c1. The maximum atomic E-state index is 12.3. The van der Waals surface area contributed by atoms with Crippen molar-refractivity contribution in [2.75, 3.05) is 10.6 Å². The van der Waals surface area contributed by atoms with Gasteiger partial charge in [0.05, 0.1) is 5.56 Å². The van der Waals surface area contributed by atoms with E-state index >= 15 is 0 Å². The van der Waals surface area contributed by atoms with Crippen molar-refractivity contribution in [3.63, 3.8) is 0 Å². The molecule has 1 aromatic carbocycles. The fraction of sp³-hybridized carbons (Fsp3) is 0. The number of amides is 1. The highest BCUT2D eigenvalue weighted by molar-refractivity contribution is 9.10. The number of benzene rings is 1. The summed E-state index contributed by atoms with van der Waals surface area (Å²) in [5.41, 5.74) is 1.98. The first kappa shape index (κ1) is 17.8. The summed E-state index contributed by atoms with van der Waals surface area (Å²) in [7, 11) is 0. The van der Waals surface area contributed by atoms with Crippen LogP contribution in [0.15, 0.2) is 77.8 Å². The molecule has 0 atom stereocenters. The third-order valence-corrected chi connectivity index (χ3v) is 4.21. The Bertz CT molecular complexity index is 1080. The number of rotatable bonds is 5. The number of nitrogens with zero attached hydrogens (tertiary/aromatic N) is 5. The fourth-order valence-electron chi connectivity index (χ4n) is 2.44. The first-order chi connectivity index (χ1) is 13.7. The molecule has 3 heterocycles. The van der Waals surface area contributed by atoms with Crippen LogP contribution in [0.2, 0.25) is 0 Å². The molecule has 3 aromatic heterocycles. The second kappa shape index (κ2) is 7.97. The Morgan fingerprint density at radius 2 is 1.82 bits per heavy atom. The topological polar surface area (TPSA) is 97.6 Å². The molecule has 0 unspecified atom stereocenters. The largest absolute Gasteiger partial charge is 0.339 e. The lowest BCUT2D eigenvalue weighted by Crippen LogP contribution is -2.12. The highest BCUT2D eigenvalue weighted by atomic mass is 79.9. The number of halogens is 1. The highest BCUT2D eigenvalue weighted by Gasteiger charge is 2.07. The van der Waals surface area contributed by atoms with Crippen LogP contribution in [0.25, 0.3) is 5.82 Å². The Kier molecular flexibility index (Phi) is 5.07. The van der Waals surface area contributed by atoms with Gasteiger partial charge in [0.2, 0.25) is 0 Å². The molecule has 0 spiro atoms. The zero-order chi connectivity index (χ0) is 19.3. The monoisotopic (exact) mass is 435 g/mol. The van der Waals surface area contributed by atoms with E-state index in [4.69, 9.17) is 0 Å². The lowest BCUT2D eigenvalue weighted by Gasteiger charge is -2.08. The van der Waals surface area contributed by atoms with Crippen molar-refractivity contribution < 1.29 is 4.79 Å². The maximum Gasteiger partial charge on any atom is 0.257 e. The van der Waals surface area contributed by atoms with Crippen molar-refractivity contribution in [1.82, 2.24) is 25.0 Å². The average molecular weight is 436 g/mol. The van der Waals surface area contributed by atoms with Crippen molar-refractivity contribution in [3.05, 3.63) is 83.4 Å². The van der Waals surface area contributed by atoms with Gasteiger partial charge in [-0.1, -0.05) is 0 Å². The van der Waals surface area contributed by atoms with E-state index in [9.17, 15) is 4.79 Å². The standard InChI is InChI=1S/C19H14BrN7O/c20-14-10-13(11-21-12-14)19(28)24-16-4-2-15(3-5-16)23-17-6-7-18(26-25-17)27-9-1-8-22-27/h1-12H,(H,23,25)(H,24,28). The molecule has 0 saturated carbocycles. The van der Waals surface area contributed by atoms with E-state index in [-0.39, 0.29) is 5.91 Å². The number of aromatic nitrogens is 5. The van der Waals surface area contributed by atoms with Crippen LogP contribution in [0.4, 0.5) is 17.2 Å². The summed E-state index contributed by atoms with van der Waals surface area (Å²) in [5, 5.41) is 18.4. The first-order valence-corrected chi connectivity index (χ1v) is 9.09. The van der Waals surface area contributed by atoms with E-state index in [0.29, 0.717) is 22.9 Å². The van der Waals surface area contributed by atoms with Crippen LogP contribution in [0, 0.1) is 0 Å². The molecular formula is C19H14BrN7O. The van der Waals surface area contributed by atoms with Gasteiger partial charge in [0.15, 0.2) is 11.6 Å². The van der Waals surface area contributed by atoms with E-state index in [1.54, 1.807) is 41.5 Å². The Morgan fingerprint density at radius 3 is 2.50 bits per heavy atom.